The first-order chi connectivity index (χ1) is 23.6. The van der Waals surface area contributed by atoms with Crippen molar-refractivity contribution in [3.63, 3.8) is 0 Å². The summed E-state index contributed by atoms with van der Waals surface area (Å²) in [6, 6.07) is -0.820. The van der Waals surface area contributed by atoms with Crippen LogP contribution in [0.5, 0.6) is 0 Å². The summed E-state index contributed by atoms with van der Waals surface area (Å²) < 4.78 is 0. The Morgan fingerprint density at radius 1 is 0.500 bits per heavy atom. The first-order valence-corrected chi connectivity index (χ1v) is 21.5. The van der Waals surface area contributed by atoms with Crippen LogP contribution in [0.3, 0.4) is 0 Å². The molecule has 0 saturated heterocycles. The lowest BCUT2D eigenvalue weighted by atomic mass is 10.0. The maximum Gasteiger partial charge on any atom is 0.220 e. The van der Waals surface area contributed by atoms with E-state index in [2.05, 4.69) is 31.3 Å². The summed E-state index contributed by atoms with van der Waals surface area (Å²) in [5.74, 6) is -0.151. The highest BCUT2D eigenvalue weighted by Crippen LogP contribution is 2.16. The Labute approximate surface area is 299 Å². The topological polar surface area (TPSA) is 89.8 Å². The zero-order valence-electron chi connectivity index (χ0n) is 32.4. The predicted octanol–water partition coefficient (Wildman–Crippen LogP) is 12.0. The number of rotatable bonds is 39. The fraction of sp³-hybridized carbons (Fsp3) is 0.930. The van der Waals surface area contributed by atoms with Crippen molar-refractivity contribution in [2.24, 2.45) is 0 Å². The molecule has 3 unspecified atom stereocenters. The summed E-state index contributed by atoms with van der Waals surface area (Å²) >= 11 is 0. The number of unbranched alkanes of at least 4 members (excludes halogenated alkanes) is 29. The molecule has 0 aliphatic heterocycles. The molecule has 0 rings (SSSR count). The van der Waals surface area contributed by atoms with Crippen molar-refractivity contribution in [2.75, 3.05) is 6.61 Å². The van der Waals surface area contributed by atoms with E-state index in [1.807, 2.05) is 0 Å². The smallest absolute Gasteiger partial charge is 0.220 e. The van der Waals surface area contributed by atoms with Gasteiger partial charge in [-0.2, -0.15) is 0 Å². The van der Waals surface area contributed by atoms with Gasteiger partial charge in [-0.25, -0.2) is 0 Å². The number of carbonyl (C=O) groups excluding carboxylic acids is 1. The molecule has 0 aromatic rings. The molecule has 48 heavy (non-hydrogen) atoms. The van der Waals surface area contributed by atoms with Gasteiger partial charge in [0, 0.05) is 6.42 Å². The molecule has 0 aromatic carbocycles. The van der Waals surface area contributed by atoms with Crippen LogP contribution >= 0.6 is 0 Å². The highest BCUT2D eigenvalue weighted by atomic mass is 16.3. The third kappa shape index (κ3) is 33.6. The zero-order chi connectivity index (χ0) is 35.2. The number of aliphatic hydroxyl groups excluding tert-OH is 3. The lowest BCUT2D eigenvalue weighted by Gasteiger charge is -2.26. The summed E-state index contributed by atoms with van der Waals surface area (Å²) in [6.45, 7) is 4.17. The minimum Gasteiger partial charge on any atom is -0.394 e. The maximum atomic E-state index is 12.4. The Balaban J connectivity index is 3.60. The molecule has 0 spiro atoms. The minimum absolute atomic E-state index is 0.151. The van der Waals surface area contributed by atoms with E-state index in [9.17, 15) is 20.1 Å². The van der Waals surface area contributed by atoms with Crippen LogP contribution in [0.15, 0.2) is 12.2 Å². The van der Waals surface area contributed by atoms with Crippen molar-refractivity contribution < 1.29 is 20.1 Å². The summed E-state index contributed by atoms with van der Waals surface area (Å²) in [6.07, 6.45) is 44.6. The van der Waals surface area contributed by atoms with Gasteiger partial charge < -0.3 is 20.6 Å². The van der Waals surface area contributed by atoms with Crippen molar-refractivity contribution in [1.82, 2.24) is 5.32 Å². The second kappa shape index (κ2) is 38.9. The molecule has 0 heterocycles. The molecule has 0 aromatic heterocycles. The van der Waals surface area contributed by atoms with Gasteiger partial charge in [0.25, 0.3) is 0 Å². The summed E-state index contributed by atoms with van der Waals surface area (Å²) in [7, 11) is 0. The summed E-state index contributed by atoms with van der Waals surface area (Å²) in [5.41, 5.74) is 0. The second-order valence-corrected chi connectivity index (χ2v) is 14.9. The number of nitrogens with one attached hydrogen (secondary N) is 1. The molecular formula is C43H85NO4. The van der Waals surface area contributed by atoms with Crippen molar-refractivity contribution in [2.45, 2.75) is 250 Å². The fourth-order valence-electron chi connectivity index (χ4n) is 6.75. The Hall–Kier alpha value is -0.910. The number of aliphatic hydroxyl groups is 3. The van der Waals surface area contributed by atoms with Crippen molar-refractivity contribution >= 4 is 5.91 Å². The highest BCUT2D eigenvalue weighted by Gasteiger charge is 2.26. The van der Waals surface area contributed by atoms with Crippen LogP contribution in [-0.2, 0) is 4.79 Å². The molecule has 5 nitrogen and oxygen atoms in total. The van der Waals surface area contributed by atoms with E-state index in [1.165, 1.54) is 167 Å². The first kappa shape index (κ1) is 47.1. The molecule has 0 aliphatic carbocycles. The van der Waals surface area contributed by atoms with Gasteiger partial charge in [0.05, 0.1) is 18.8 Å². The highest BCUT2D eigenvalue weighted by molar-refractivity contribution is 5.76. The van der Waals surface area contributed by atoms with Crippen LogP contribution in [0.2, 0.25) is 0 Å². The van der Waals surface area contributed by atoms with Crippen LogP contribution in [0.25, 0.3) is 0 Å². The van der Waals surface area contributed by atoms with Crippen LogP contribution in [-0.4, -0.2) is 46.1 Å². The molecule has 0 bridgehead atoms. The lowest BCUT2D eigenvalue weighted by Crippen LogP contribution is -2.50. The van der Waals surface area contributed by atoms with E-state index in [0.717, 1.165) is 38.5 Å². The standard InChI is InChI=1S/C43H85NO4/c1-3-5-7-9-11-13-15-17-18-19-20-21-22-23-24-26-28-30-32-34-36-38-42(47)44-40(39-45)43(48)41(46)37-35-33-31-29-27-25-16-14-12-10-8-6-4-2/h29,31,40-41,43,45-46,48H,3-28,30,32-39H2,1-2H3,(H,44,47)/b31-29+. The first-order valence-electron chi connectivity index (χ1n) is 21.5. The monoisotopic (exact) mass is 680 g/mol. The van der Waals surface area contributed by atoms with Gasteiger partial charge in [0.1, 0.15) is 6.10 Å². The van der Waals surface area contributed by atoms with Gasteiger partial charge in [-0.3, -0.25) is 4.79 Å². The van der Waals surface area contributed by atoms with Gasteiger partial charge >= 0.3 is 0 Å². The third-order valence-corrected chi connectivity index (χ3v) is 10.1. The van der Waals surface area contributed by atoms with Gasteiger partial charge in [0.15, 0.2) is 0 Å². The molecule has 0 saturated carbocycles. The van der Waals surface area contributed by atoms with E-state index in [-0.39, 0.29) is 12.5 Å². The van der Waals surface area contributed by atoms with Crippen LogP contribution in [0, 0.1) is 0 Å². The quantitative estimate of drug-likeness (QED) is 0.0384. The zero-order valence-corrected chi connectivity index (χ0v) is 32.4. The SMILES string of the molecule is CCCCCCCCCC/C=C/CCCC(O)C(O)C(CO)NC(=O)CCCCCCCCCCCCCCCCCCCCCCC. The Kier molecular flexibility index (Phi) is 38.1. The molecule has 286 valence electrons. The predicted molar refractivity (Wildman–Crippen MR) is 208 cm³/mol. The molecule has 3 atom stereocenters. The molecule has 0 fully saturated rings. The van der Waals surface area contributed by atoms with Gasteiger partial charge in [-0.1, -0.05) is 199 Å². The van der Waals surface area contributed by atoms with Crippen LogP contribution in [0.4, 0.5) is 0 Å². The van der Waals surface area contributed by atoms with E-state index < -0.39 is 18.2 Å². The minimum atomic E-state index is -1.15. The third-order valence-electron chi connectivity index (χ3n) is 10.1. The Morgan fingerprint density at radius 3 is 1.21 bits per heavy atom. The average Bonchev–Trinajstić information content (AvgIpc) is 3.09. The van der Waals surface area contributed by atoms with E-state index in [4.69, 9.17) is 0 Å². The molecule has 0 radical (unpaired) electrons. The van der Waals surface area contributed by atoms with E-state index >= 15 is 0 Å². The number of amides is 1. The second-order valence-electron chi connectivity index (χ2n) is 14.9. The molecular weight excluding hydrogens is 594 g/mol. The maximum absolute atomic E-state index is 12.4. The lowest BCUT2D eigenvalue weighted by molar-refractivity contribution is -0.124. The van der Waals surface area contributed by atoms with Gasteiger partial charge in [-0.15, -0.1) is 0 Å². The number of carbonyl (C=O) groups is 1. The van der Waals surface area contributed by atoms with Crippen molar-refractivity contribution in [1.29, 1.82) is 0 Å². The van der Waals surface area contributed by atoms with Crippen molar-refractivity contribution in [3.05, 3.63) is 12.2 Å². The molecule has 4 N–H and O–H groups in total. The molecule has 0 aliphatic rings. The average molecular weight is 680 g/mol. The van der Waals surface area contributed by atoms with E-state index in [0.29, 0.717) is 12.8 Å². The number of allylic oxidation sites excluding steroid dienone is 2. The van der Waals surface area contributed by atoms with Gasteiger partial charge in [-0.05, 0) is 38.5 Å². The van der Waals surface area contributed by atoms with Crippen molar-refractivity contribution in [3.8, 4) is 0 Å². The molecule has 1 amide bonds. The van der Waals surface area contributed by atoms with Gasteiger partial charge in [0.2, 0.25) is 5.91 Å². The summed E-state index contributed by atoms with van der Waals surface area (Å²) in [4.78, 5) is 12.4. The molecule has 5 heteroatoms. The number of hydrogen-bond donors (Lipinski definition) is 4. The van der Waals surface area contributed by atoms with Crippen LogP contribution in [0.1, 0.15) is 232 Å². The number of hydrogen-bond acceptors (Lipinski definition) is 4. The Bertz CT molecular complexity index is 669. The fourth-order valence-corrected chi connectivity index (χ4v) is 6.75. The van der Waals surface area contributed by atoms with Crippen LogP contribution < -0.4 is 5.32 Å². The summed E-state index contributed by atoms with van der Waals surface area (Å²) in [5, 5.41) is 33.4. The largest absolute Gasteiger partial charge is 0.394 e. The Morgan fingerprint density at radius 2 is 0.833 bits per heavy atom. The van der Waals surface area contributed by atoms with E-state index in [1.54, 1.807) is 0 Å². The normalized spacial score (nSPS) is 13.7.